The molecule has 3 aliphatic rings. The molecule has 0 aromatic carbocycles. The molecule has 1 fully saturated rings. The third kappa shape index (κ3) is 3.59. The summed E-state index contributed by atoms with van der Waals surface area (Å²) in [6.45, 7) is 3.14. The zero-order valence-corrected chi connectivity index (χ0v) is 15.9. The summed E-state index contributed by atoms with van der Waals surface area (Å²) in [5.74, 6) is 1.45. The second kappa shape index (κ2) is 7.95. The van der Waals surface area contributed by atoms with Crippen LogP contribution in [0.5, 0.6) is 0 Å². The molecule has 0 bridgehead atoms. The zero-order chi connectivity index (χ0) is 17.9. The van der Waals surface area contributed by atoms with Crippen LogP contribution in [0.15, 0.2) is 18.3 Å². The number of aromatic nitrogens is 2. The Morgan fingerprint density at radius 2 is 2.12 bits per heavy atom. The highest BCUT2D eigenvalue weighted by Crippen LogP contribution is 2.33. The molecule has 0 spiro atoms. The highest BCUT2D eigenvalue weighted by atomic mass is 16.5. The third-order valence-electron chi connectivity index (χ3n) is 6.35. The Hall–Kier alpha value is -1.62. The second-order valence-electron chi connectivity index (χ2n) is 8.24. The normalized spacial score (nSPS) is 26.3. The van der Waals surface area contributed by atoms with Gasteiger partial charge in [0.05, 0.1) is 18.5 Å². The summed E-state index contributed by atoms with van der Waals surface area (Å²) in [6, 6.07) is 0. The van der Waals surface area contributed by atoms with Gasteiger partial charge in [-0.3, -0.25) is 9.48 Å². The average Bonchev–Trinajstić information content (AvgIpc) is 3.33. The van der Waals surface area contributed by atoms with Crippen molar-refractivity contribution < 1.29 is 9.53 Å². The number of hydrogen-bond donors (Lipinski definition) is 0. The minimum atomic E-state index is 0.151. The molecule has 1 aliphatic heterocycles. The number of carbonyl (C=O) groups excluding carboxylic acids is 1. The molecule has 26 heavy (non-hydrogen) atoms. The summed E-state index contributed by atoms with van der Waals surface area (Å²) in [4.78, 5) is 15.1. The van der Waals surface area contributed by atoms with Gasteiger partial charge in [0, 0.05) is 44.1 Å². The predicted octanol–water partition coefficient (Wildman–Crippen LogP) is 3.50. The minimum absolute atomic E-state index is 0.151. The topological polar surface area (TPSA) is 47.4 Å². The molecule has 0 radical (unpaired) electrons. The molecule has 5 heteroatoms. The maximum Gasteiger partial charge on any atom is 0.226 e. The lowest BCUT2D eigenvalue weighted by atomic mass is 9.90. The molecule has 142 valence electrons. The Morgan fingerprint density at radius 1 is 1.27 bits per heavy atom. The molecule has 1 aromatic heterocycles. The second-order valence-corrected chi connectivity index (χ2v) is 8.24. The number of allylic oxidation sites excluding steroid dienone is 2. The number of methoxy groups -OCH3 is 1. The van der Waals surface area contributed by atoms with Crippen LogP contribution in [0, 0.1) is 11.8 Å². The fraction of sp³-hybridized carbons (Fsp3) is 0.714. The fourth-order valence-electron chi connectivity index (χ4n) is 5.01. The number of nitrogens with zero attached hydrogens (tertiary/aromatic N) is 3. The molecule has 2 unspecified atom stereocenters. The number of fused-ring (bicyclic) bond motifs is 1. The summed E-state index contributed by atoms with van der Waals surface area (Å²) in [5.41, 5.74) is 2.53. The molecule has 0 N–H and O–H groups in total. The number of rotatable bonds is 5. The predicted molar refractivity (Wildman–Crippen MR) is 101 cm³/mol. The van der Waals surface area contributed by atoms with E-state index in [1.54, 1.807) is 7.11 Å². The van der Waals surface area contributed by atoms with Gasteiger partial charge in [0.15, 0.2) is 0 Å². The first-order chi connectivity index (χ1) is 12.8. The Balaban J connectivity index is 1.52. The highest BCUT2D eigenvalue weighted by Gasteiger charge is 2.34. The van der Waals surface area contributed by atoms with E-state index >= 15 is 0 Å². The van der Waals surface area contributed by atoms with Crippen LogP contribution >= 0.6 is 0 Å². The quantitative estimate of drug-likeness (QED) is 0.758. The molecule has 2 atom stereocenters. The lowest BCUT2D eigenvalue weighted by Gasteiger charge is -2.35. The first-order valence-electron chi connectivity index (χ1n) is 10.2. The van der Waals surface area contributed by atoms with Crippen LogP contribution in [0.2, 0.25) is 0 Å². The average molecular weight is 357 g/mol. The van der Waals surface area contributed by atoms with Gasteiger partial charge in [0.25, 0.3) is 0 Å². The molecule has 1 aromatic rings. The van der Waals surface area contributed by atoms with Gasteiger partial charge in [-0.25, -0.2) is 0 Å². The summed E-state index contributed by atoms with van der Waals surface area (Å²) in [6.07, 6.45) is 14.6. The first-order valence-corrected chi connectivity index (χ1v) is 10.2. The molecular weight excluding hydrogens is 326 g/mol. The van der Waals surface area contributed by atoms with E-state index in [0.29, 0.717) is 19.1 Å². The highest BCUT2D eigenvalue weighted by molar-refractivity contribution is 5.79. The van der Waals surface area contributed by atoms with E-state index in [1.807, 2.05) is 6.20 Å². The molecule has 1 saturated carbocycles. The molecule has 2 aliphatic carbocycles. The van der Waals surface area contributed by atoms with Gasteiger partial charge in [-0.2, -0.15) is 5.10 Å². The van der Waals surface area contributed by atoms with Gasteiger partial charge in [-0.05, 0) is 38.0 Å². The lowest BCUT2D eigenvalue weighted by Crippen LogP contribution is -2.43. The van der Waals surface area contributed by atoms with Crippen LogP contribution in [0.4, 0.5) is 0 Å². The zero-order valence-electron chi connectivity index (χ0n) is 15.9. The van der Waals surface area contributed by atoms with Crippen LogP contribution in [-0.2, 0) is 22.6 Å². The molecule has 0 saturated heterocycles. The first kappa shape index (κ1) is 17.8. The van der Waals surface area contributed by atoms with Crippen molar-refractivity contribution in [1.82, 2.24) is 14.7 Å². The van der Waals surface area contributed by atoms with Crippen molar-refractivity contribution in [3.05, 3.63) is 29.6 Å². The van der Waals surface area contributed by atoms with E-state index in [4.69, 9.17) is 9.84 Å². The Bertz CT molecular complexity index is 660. The number of ether oxygens (including phenoxy) is 1. The van der Waals surface area contributed by atoms with Crippen molar-refractivity contribution in [2.45, 2.75) is 64.0 Å². The molecule has 1 amide bonds. The van der Waals surface area contributed by atoms with Gasteiger partial charge in [-0.15, -0.1) is 0 Å². The van der Waals surface area contributed by atoms with Crippen LogP contribution in [0.1, 0.15) is 62.1 Å². The van der Waals surface area contributed by atoms with Crippen molar-refractivity contribution in [3.63, 3.8) is 0 Å². The molecular formula is C21H31N3O2. The molecule has 5 nitrogen and oxygen atoms in total. The number of carbonyl (C=O) groups is 1. The standard InChI is InChI=1S/C21H31N3O2/c1-26-15-19-14-23(21(25)17-9-3-2-4-10-17)13-18-11-22-24(20(18)19)12-16-7-5-6-8-16/h2-3,11,16-17,19H,4-10,12-15H2,1H3. The summed E-state index contributed by atoms with van der Waals surface area (Å²) >= 11 is 0. The monoisotopic (exact) mass is 357 g/mol. The van der Waals surface area contributed by atoms with Crippen LogP contribution < -0.4 is 0 Å². The van der Waals surface area contributed by atoms with E-state index in [0.717, 1.165) is 38.3 Å². The van der Waals surface area contributed by atoms with Crippen LogP contribution in [-0.4, -0.2) is 40.8 Å². The molecule has 4 rings (SSSR count). The van der Waals surface area contributed by atoms with E-state index in [2.05, 4.69) is 21.7 Å². The van der Waals surface area contributed by atoms with Crippen molar-refractivity contribution in [3.8, 4) is 0 Å². The largest absolute Gasteiger partial charge is 0.384 e. The van der Waals surface area contributed by atoms with Gasteiger partial charge in [0.2, 0.25) is 5.91 Å². The Morgan fingerprint density at radius 3 is 2.85 bits per heavy atom. The van der Waals surface area contributed by atoms with Crippen molar-refractivity contribution >= 4 is 5.91 Å². The van der Waals surface area contributed by atoms with Gasteiger partial charge < -0.3 is 9.64 Å². The lowest BCUT2D eigenvalue weighted by molar-refractivity contribution is -0.137. The Kier molecular flexibility index (Phi) is 5.44. The number of hydrogen-bond acceptors (Lipinski definition) is 3. The Labute approximate surface area is 156 Å². The van der Waals surface area contributed by atoms with Gasteiger partial charge >= 0.3 is 0 Å². The maximum absolute atomic E-state index is 13.0. The van der Waals surface area contributed by atoms with E-state index in [9.17, 15) is 4.79 Å². The fourth-order valence-corrected chi connectivity index (χ4v) is 5.01. The van der Waals surface area contributed by atoms with Gasteiger partial charge in [-0.1, -0.05) is 25.0 Å². The smallest absolute Gasteiger partial charge is 0.226 e. The van der Waals surface area contributed by atoms with Crippen LogP contribution in [0.25, 0.3) is 0 Å². The van der Waals surface area contributed by atoms with Crippen molar-refractivity contribution in [2.75, 3.05) is 20.3 Å². The van der Waals surface area contributed by atoms with Crippen molar-refractivity contribution in [1.29, 1.82) is 0 Å². The summed E-state index contributed by atoms with van der Waals surface area (Å²) in [7, 11) is 1.75. The third-order valence-corrected chi connectivity index (χ3v) is 6.35. The molecule has 2 heterocycles. The van der Waals surface area contributed by atoms with E-state index < -0.39 is 0 Å². The van der Waals surface area contributed by atoms with Crippen LogP contribution in [0.3, 0.4) is 0 Å². The summed E-state index contributed by atoms with van der Waals surface area (Å²) < 4.78 is 7.74. The maximum atomic E-state index is 13.0. The van der Waals surface area contributed by atoms with Gasteiger partial charge in [0.1, 0.15) is 0 Å². The number of amides is 1. The minimum Gasteiger partial charge on any atom is -0.384 e. The summed E-state index contributed by atoms with van der Waals surface area (Å²) in [5, 5.41) is 4.71. The van der Waals surface area contributed by atoms with E-state index in [-0.39, 0.29) is 11.8 Å². The van der Waals surface area contributed by atoms with E-state index in [1.165, 1.54) is 36.9 Å². The van der Waals surface area contributed by atoms with Crippen molar-refractivity contribution in [2.24, 2.45) is 11.8 Å². The SMILES string of the molecule is COCC1CN(C(=O)C2CC=CCC2)Cc2cnn(CC3CCCC3)c21.